The molecule has 0 saturated heterocycles. The summed E-state index contributed by atoms with van der Waals surface area (Å²) >= 11 is 0. The van der Waals surface area contributed by atoms with Crippen LogP contribution in [0.4, 0.5) is 10.5 Å². The molecule has 0 unspecified atom stereocenters. The van der Waals surface area contributed by atoms with E-state index in [1.54, 1.807) is 60.7 Å². The highest BCUT2D eigenvalue weighted by atomic mass is 28.4. The van der Waals surface area contributed by atoms with Crippen molar-refractivity contribution < 1.29 is 43.3 Å². The maximum Gasteiger partial charge on any atom is 0.408 e. The van der Waals surface area contributed by atoms with Crippen LogP contribution in [0.25, 0.3) is 11.1 Å². The van der Waals surface area contributed by atoms with E-state index in [4.69, 9.17) is 14.9 Å². The summed E-state index contributed by atoms with van der Waals surface area (Å²) in [5.41, 5.74) is 6.10. The molecule has 5 atom stereocenters. The lowest BCUT2D eigenvalue weighted by atomic mass is 9.84. The van der Waals surface area contributed by atoms with Crippen LogP contribution >= 0.6 is 0 Å². The number of rotatable bonds is 11. The normalized spacial score (nSPS) is 22.7. The van der Waals surface area contributed by atoms with Crippen LogP contribution in [0.3, 0.4) is 0 Å². The van der Waals surface area contributed by atoms with E-state index >= 15 is 0 Å². The van der Waals surface area contributed by atoms with Gasteiger partial charge in [0.2, 0.25) is 17.7 Å². The molecule has 2 heterocycles. The molecule has 15 heteroatoms. The lowest BCUT2D eigenvalue weighted by Gasteiger charge is -2.44. The Morgan fingerprint density at radius 2 is 1.57 bits per heavy atom. The predicted molar refractivity (Wildman–Crippen MR) is 212 cm³/mol. The molecule has 0 radical (unpaired) electrons. The van der Waals surface area contributed by atoms with E-state index in [1.165, 1.54) is 6.07 Å². The van der Waals surface area contributed by atoms with Crippen LogP contribution < -0.4 is 27.0 Å². The fraction of sp³-hybridized carbons (Fsp3) is 0.439. The van der Waals surface area contributed by atoms with Crippen molar-refractivity contribution >= 4 is 43.7 Å². The summed E-state index contributed by atoms with van der Waals surface area (Å²) in [5.74, 6) is -3.59. The summed E-state index contributed by atoms with van der Waals surface area (Å²) in [5, 5.41) is 35.0. The second kappa shape index (κ2) is 17.4. The van der Waals surface area contributed by atoms with Crippen molar-refractivity contribution in [2.24, 2.45) is 5.73 Å². The summed E-state index contributed by atoms with van der Waals surface area (Å²) in [6.45, 7) is 12.0. The van der Waals surface area contributed by atoms with Crippen LogP contribution in [0.15, 0.2) is 72.8 Å². The fourth-order valence-corrected chi connectivity index (χ4v) is 13.8. The summed E-state index contributed by atoms with van der Waals surface area (Å²) in [6.07, 6.45) is -3.59. The zero-order valence-electron chi connectivity index (χ0n) is 32.6. The Hall–Kier alpha value is -5.09. The van der Waals surface area contributed by atoms with Crippen molar-refractivity contribution in [3.05, 3.63) is 89.5 Å². The Kier molecular flexibility index (Phi) is 13.0. The lowest BCUT2D eigenvalue weighted by molar-refractivity contribution is -0.153. The first-order valence-corrected chi connectivity index (χ1v) is 21.1. The minimum Gasteiger partial charge on any atom is -0.445 e. The van der Waals surface area contributed by atoms with E-state index < -0.39 is 74.3 Å². The topological polar surface area (TPSA) is 218 Å². The van der Waals surface area contributed by atoms with Crippen LogP contribution in [-0.2, 0) is 47.0 Å². The summed E-state index contributed by atoms with van der Waals surface area (Å²) < 4.78 is 12.2. The van der Waals surface area contributed by atoms with E-state index in [0.29, 0.717) is 16.7 Å². The number of nitrogens with one attached hydrogen (secondary N) is 4. The molecule has 0 aromatic heterocycles. The molecule has 5 rings (SSSR count). The number of para-hydroxylation sites is 1. The van der Waals surface area contributed by atoms with Gasteiger partial charge in [-0.15, -0.1) is 0 Å². The standard InChI is InChI=1S/C41H53N5O9Si/c1-23(2)56(24(3)4,25(5)6)55-22-33-36(48)41(53)30-17-11-16-29(35(30)46-39(41)51)28-15-10-14-27(18-28)19-31(37(49)43-32(20-34(42)47)38(50)44-33)45-40(52)54-21-26-12-8-7-9-13-26/h7-18,23-25,31-33,36,48,53H,19-22H2,1-6H3,(H2,42,47)(H,43,49)(H,44,50)(H,45,52)(H,46,51)/t31-,32-,33+,36+,41+/m0/s1. The second-order valence-corrected chi connectivity index (χ2v) is 21.0. The molecule has 0 fully saturated rings. The van der Waals surface area contributed by atoms with Gasteiger partial charge in [-0.3, -0.25) is 19.2 Å². The number of carbonyl (C=O) groups excluding carboxylic acids is 5. The molecule has 5 amide bonds. The van der Waals surface area contributed by atoms with Crippen LogP contribution in [-0.4, -0.2) is 79.1 Å². The van der Waals surface area contributed by atoms with Gasteiger partial charge in [-0.25, -0.2) is 4.79 Å². The van der Waals surface area contributed by atoms with Crippen LogP contribution in [0.1, 0.15) is 64.7 Å². The number of fused-ring (bicyclic) bond motifs is 3. The number of aliphatic hydroxyl groups is 2. The number of primary amides is 1. The van der Waals surface area contributed by atoms with Gasteiger partial charge in [0.15, 0.2) is 13.9 Å². The number of ether oxygens (including phenoxy) is 1. The number of carbonyl (C=O) groups is 5. The molecule has 0 aliphatic carbocycles. The molecule has 0 saturated carbocycles. The number of aliphatic hydroxyl groups excluding tert-OH is 1. The molecule has 2 aliphatic heterocycles. The Morgan fingerprint density at radius 1 is 0.911 bits per heavy atom. The molecule has 14 nitrogen and oxygen atoms in total. The van der Waals surface area contributed by atoms with Crippen molar-refractivity contribution in [3.8, 4) is 11.1 Å². The summed E-state index contributed by atoms with van der Waals surface area (Å²) in [6, 6.07) is 16.6. The van der Waals surface area contributed by atoms with E-state index in [9.17, 15) is 34.2 Å². The molecule has 3 aromatic carbocycles. The number of hydrogen-bond donors (Lipinski definition) is 7. The molecule has 8 N–H and O–H groups in total. The minimum atomic E-state index is -2.67. The maximum absolute atomic E-state index is 14.2. The number of benzene rings is 3. The van der Waals surface area contributed by atoms with Gasteiger partial charge in [0.05, 0.1) is 24.8 Å². The number of nitrogens with two attached hydrogens (primary N) is 1. The second-order valence-electron chi connectivity index (χ2n) is 15.5. The molecule has 56 heavy (non-hydrogen) atoms. The Bertz CT molecular complexity index is 1920. The Labute approximate surface area is 328 Å². The first kappa shape index (κ1) is 42.1. The van der Waals surface area contributed by atoms with E-state index in [0.717, 1.165) is 5.56 Å². The number of alkyl carbamates (subject to hydrolysis) is 1. The van der Waals surface area contributed by atoms with Crippen molar-refractivity contribution in [2.45, 2.75) is 107 Å². The monoisotopic (exact) mass is 787 g/mol. The summed E-state index contributed by atoms with van der Waals surface area (Å²) in [4.78, 5) is 67.6. The van der Waals surface area contributed by atoms with Gasteiger partial charge in [0, 0.05) is 17.5 Å². The highest BCUT2D eigenvalue weighted by Gasteiger charge is 2.55. The Morgan fingerprint density at radius 3 is 2.21 bits per heavy atom. The molecule has 3 aromatic rings. The van der Waals surface area contributed by atoms with Gasteiger partial charge >= 0.3 is 6.09 Å². The van der Waals surface area contributed by atoms with E-state index in [-0.39, 0.29) is 47.5 Å². The largest absolute Gasteiger partial charge is 0.445 e. The highest BCUT2D eigenvalue weighted by Crippen LogP contribution is 2.46. The van der Waals surface area contributed by atoms with Gasteiger partial charge in [-0.05, 0) is 33.3 Å². The number of amides is 5. The van der Waals surface area contributed by atoms with Gasteiger partial charge in [0.1, 0.15) is 24.8 Å². The average molecular weight is 788 g/mol. The molecule has 6 bridgehead atoms. The van der Waals surface area contributed by atoms with E-state index in [2.05, 4.69) is 62.8 Å². The quantitative estimate of drug-likeness (QED) is 0.141. The third-order valence-corrected chi connectivity index (χ3v) is 17.0. The summed E-state index contributed by atoms with van der Waals surface area (Å²) in [7, 11) is -2.67. The van der Waals surface area contributed by atoms with Gasteiger partial charge < -0.3 is 46.4 Å². The average Bonchev–Trinajstić information content (AvgIpc) is 3.42. The minimum absolute atomic E-state index is 0.0687. The fourth-order valence-electron chi connectivity index (χ4n) is 8.29. The molecule has 2 aliphatic rings. The number of anilines is 1. The SMILES string of the molecule is CC(C)[Si](OC[C@H]1NC(=O)[C@H](CC(N)=O)NC(=O)[C@@H](NC(=O)OCc2ccccc2)Cc2cccc(c2)-c2cccc3c2NC(=O)[C@]3(O)[C@@H]1O)(C(C)C)C(C)C. The van der Waals surface area contributed by atoms with Crippen molar-refractivity contribution in [1.29, 1.82) is 0 Å². The van der Waals surface area contributed by atoms with Crippen LogP contribution in [0, 0.1) is 0 Å². The first-order valence-electron chi connectivity index (χ1n) is 18.9. The van der Waals surface area contributed by atoms with Crippen molar-refractivity contribution in [3.63, 3.8) is 0 Å². The molecular formula is C41H53N5O9Si. The van der Waals surface area contributed by atoms with Crippen LogP contribution in [0.5, 0.6) is 0 Å². The zero-order chi connectivity index (χ0) is 40.9. The van der Waals surface area contributed by atoms with E-state index in [1.807, 2.05) is 6.07 Å². The van der Waals surface area contributed by atoms with Gasteiger partial charge in [-0.2, -0.15) is 0 Å². The third kappa shape index (κ3) is 8.65. The van der Waals surface area contributed by atoms with Gasteiger partial charge in [-0.1, -0.05) is 114 Å². The smallest absolute Gasteiger partial charge is 0.408 e. The van der Waals surface area contributed by atoms with Crippen molar-refractivity contribution in [2.75, 3.05) is 11.9 Å². The molecule has 300 valence electrons. The Balaban J connectivity index is 1.60. The first-order chi connectivity index (χ1) is 26.5. The lowest BCUT2D eigenvalue weighted by Crippen LogP contribution is -2.63. The van der Waals surface area contributed by atoms with Gasteiger partial charge in [0.25, 0.3) is 5.91 Å². The predicted octanol–water partition coefficient (Wildman–Crippen LogP) is 3.74. The maximum atomic E-state index is 14.2. The molecular weight excluding hydrogens is 735 g/mol. The number of hydrogen-bond acceptors (Lipinski definition) is 9. The highest BCUT2D eigenvalue weighted by molar-refractivity contribution is 6.77. The third-order valence-electron chi connectivity index (χ3n) is 11.0. The zero-order valence-corrected chi connectivity index (χ0v) is 33.6. The van der Waals surface area contributed by atoms with Crippen LogP contribution in [0.2, 0.25) is 16.6 Å². The van der Waals surface area contributed by atoms with Crippen molar-refractivity contribution in [1.82, 2.24) is 16.0 Å². The molecule has 0 spiro atoms.